The predicted molar refractivity (Wildman–Crippen MR) is 120 cm³/mol. The second-order valence-electron chi connectivity index (χ2n) is 7.96. The largest absolute Gasteiger partial charge is 0.328 e. The van der Waals surface area contributed by atoms with Crippen molar-refractivity contribution in [3.63, 3.8) is 0 Å². The van der Waals surface area contributed by atoms with Crippen molar-refractivity contribution >= 4 is 41.5 Å². The van der Waals surface area contributed by atoms with Crippen LogP contribution in [0, 0.1) is 5.92 Å². The summed E-state index contributed by atoms with van der Waals surface area (Å²) >= 11 is 6.10. The number of fused-ring (bicyclic) bond motifs is 1. The molecule has 160 valence electrons. The van der Waals surface area contributed by atoms with Gasteiger partial charge in [0.15, 0.2) is 0 Å². The molecule has 8 heteroatoms. The lowest BCUT2D eigenvalue weighted by Gasteiger charge is -2.34. The fraction of sp³-hybridized carbons (Fsp3) is 0.409. The number of anilines is 1. The summed E-state index contributed by atoms with van der Waals surface area (Å²) in [6.07, 6.45) is 5.91. The number of carbonyl (C=O) groups excluding carboxylic acids is 2. The Balaban J connectivity index is 0.00000256. The molecule has 0 bridgehead atoms. The first kappa shape index (κ1) is 22.5. The van der Waals surface area contributed by atoms with Gasteiger partial charge in [0.05, 0.1) is 11.3 Å². The van der Waals surface area contributed by atoms with Crippen molar-refractivity contribution in [1.82, 2.24) is 9.88 Å². The van der Waals surface area contributed by atoms with Gasteiger partial charge >= 0.3 is 0 Å². The van der Waals surface area contributed by atoms with E-state index in [1.54, 1.807) is 29.3 Å². The molecule has 0 saturated heterocycles. The van der Waals surface area contributed by atoms with Crippen LogP contribution in [-0.4, -0.2) is 40.3 Å². The number of amides is 2. The third kappa shape index (κ3) is 4.94. The highest BCUT2D eigenvalue weighted by atomic mass is 35.5. The van der Waals surface area contributed by atoms with E-state index in [2.05, 4.69) is 10.3 Å². The second-order valence-corrected chi connectivity index (χ2v) is 8.39. The van der Waals surface area contributed by atoms with Gasteiger partial charge in [-0.15, -0.1) is 12.4 Å². The molecule has 2 aliphatic rings. The van der Waals surface area contributed by atoms with E-state index in [-0.39, 0.29) is 30.3 Å². The lowest BCUT2D eigenvalue weighted by molar-refractivity contribution is -0.120. The zero-order valence-corrected chi connectivity index (χ0v) is 18.2. The van der Waals surface area contributed by atoms with Crippen molar-refractivity contribution in [2.45, 2.75) is 44.2 Å². The van der Waals surface area contributed by atoms with Gasteiger partial charge in [-0.1, -0.05) is 17.7 Å². The first-order valence-electron chi connectivity index (χ1n) is 10.1. The molecule has 0 radical (unpaired) electrons. The molecule has 0 spiro atoms. The van der Waals surface area contributed by atoms with Crippen LogP contribution in [-0.2, 0) is 11.2 Å². The van der Waals surface area contributed by atoms with Gasteiger partial charge < -0.3 is 16.0 Å². The van der Waals surface area contributed by atoms with Gasteiger partial charge in [0.2, 0.25) is 5.91 Å². The summed E-state index contributed by atoms with van der Waals surface area (Å²) in [6, 6.07) is 10.2. The number of rotatable bonds is 4. The van der Waals surface area contributed by atoms with Crippen LogP contribution in [0.3, 0.4) is 0 Å². The van der Waals surface area contributed by atoms with E-state index in [4.69, 9.17) is 17.3 Å². The average Bonchev–Trinajstić information content (AvgIpc) is 2.80. The molecule has 1 atom stereocenters. The molecule has 2 heterocycles. The minimum atomic E-state index is -0.626. The maximum atomic E-state index is 13.5. The zero-order valence-electron chi connectivity index (χ0n) is 16.6. The van der Waals surface area contributed by atoms with E-state index in [9.17, 15) is 9.59 Å². The SMILES string of the molecule is Cl.N[C@H]1CC[C@H](CN2C(=O)c3ccc(Cl)cc3NC(=O)[C@H]2Cc2ccccn2)CC1. The molecule has 2 aromatic rings. The smallest absolute Gasteiger partial charge is 0.256 e. The summed E-state index contributed by atoms with van der Waals surface area (Å²) in [4.78, 5) is 32.7. The number of hydrogen-bond acceptors (Lipinski definition) is 4. The first-order valence-corrected chi connectivity index (χ1v) is 10.5. The topological polar surface area (TPSA) is 88.3 Å². The number of nitrogens with two attached hydrogens (primary N) is 1. The molecule has 0 unspecified atom stereocenters. The van der Waals surface area contributed by atoms with Gasteiger partial charge in [-0.25, -0.2) is 0 Å². The van der Waals surface area contributed by atoms with Crippen LogP contribution < -0.4 is 11.1 Å². The molecule has 4 rings (SSSR count). The maximum Gasteiger partial charge on any atom is 0.256 e. The van der Waals surface area contributed by atoms with Crippen molar-refractivity contribution in [1.29, 1.82) is 0 Å². The molecular weight excluding hydrogens is 423 g/mol. The summed E-state index contributed by atoms with van der Waals surface area (Å²) in [5, 5.41) is 3.38. The number of halogens is 2. The number of carbonyl (C=O) groups is 2. The van der Waals surface area contributed by atoms with Crippen LogP contribution in [0.5, 0.6) is 0 Å². The minimum absolute atomic E-state index is 0. The molecule has 1 aliphatic carbocycles. The molecule has 1 aliphatic heterocycles. The predicted octanol–water partition coefficient (Wildman–Crippen LogP) is 3.68. The van der Waals surface area contributed by atoms with Crippen molar-refractivity contribution in [2.75, 3.05) is 11.9 Å². The molecule has 1 aromatic heterocycles. The van der Waals surface area contributed by atoms with E-state index in [0.717, 1.165) is 31.4 Å². The molecule has 1 saturated carbocycles. The third-order valence-corrected chi connectivity index (χ3v) is 6.12. The summed E-state index contributed by atoms with van der Waals surface area (Å²) in [6.45, 7) is 0.540. The average molecular weight is 449 g/mol. The third-order valence-electron chi connectivity index (χ3n) is 5.88. The molecule has 1 aromatic carbocycles. The summed E-state index contributed by atoms with van der Waals surface area (Å²) in [7, 11) is 0. The van der Waals surface area contributed by atoms with Crippen LogP contribution in [0.25, 0.3) is 0 Å². The van der Waals surface area contributed by atoms with Crippen molar-refractivity contribution in [2.24, 2.45) is 11.7 Å². The maximum absolute atomic E-state index is 13.5. The highest BCUT2D eigenvalue weighted by Crippen LogP contribution is 2.30. The number of benzene rings is 1. The summed E-state index contributed by atoms with van der Waals surface area (Å²) in [5.41, 5.74) is 7.76. The van der Waals surface area contributed by atoms with Gasteiger partial charge in [-0.05, 0) is 61.9 Å². The van der Waals surface area contributed by atoms with E-state index in [1.165, 1.54) is 0 Å². The Kier molecular flexibility index (Phi) is 7.34. The van der Waals surface area contributed by atoms with E-state index in [0.29, 0.717) is 35.2 Å². The van der Waals surface area contributed by atoms with Gasteiger partial charge in [0.25, 0.3) is 5.91 Å². The van der Waals surface area contributed by atoms with Crippen molar-refractivity contribution in [3.05, 3.63) is 58.9 Å². The zero-order chi connectivity index (χ0) is 20.4. The Morgan fingerprint density at radius 1 is 1.13 bits per heavy atom. The first-order chi connectivity index (χ1) is 14.0. The normalized spacial score (nSPS) is 23.8. The van der Waals surface area contributed by atoms with Crippen LogP contribution in [0.4, 0.5) is 5.69 Å². The summed E-state index contributed by atoms with van der Waals surface area (Å²) < 4.78 is 0. The monoisotopic (exact) mass is 448 g/mol. The second kappa shape index (κ2) is 9.77. The van der Waals surface area contributed by atoms with Crippen LogP contribution >= 0.6 is 24.0 Å². The van der Waals surface area contributed by atoms with E-state index in [1.807, 2.05) is 18.2 Å². The van der Waals surface area contributed by atoms with Gasteiger partial charge in [-0.2, -0.15) is 0 Å². The Morgan fingerprint density at radius 2 is 1.90 bits per heavy atom. The lowest BCUT2D eigenvalue weighted by Crippen LogP contribution is -2.49. The molecule has 3 N–H and O–H groups in total. The number of pyridine rings is 1. The molecule has 30 heavy (non-hydrogen) atoms. The Bertz CT molecular complexity index is 901. The highest BCUT2D eigenvalue weighted by Gasteiger charge is 2.37. The van der Waals surface area contributed by atoms with Gasteiger partial charge in [-0.3, -0.25) is 14.6 Å². The molecule has 1 fully saturated rings. The van der Waals surface area contributed by atoms with Crippen LogP contribution in [0.1, 0.15) is 41.7 Å². The standard InChI is InChI=1S/C22H25ClN4O2.ClH/c23-15-6-9-18-19(11-15)26-21(28)20(12-17-3-1-2-10-25-17)27(22(18)29)13-14-4-7-16(24)8-5-14;/h1-3,6,9-11,14,16,20H,4-5,7-8,12-13,24H2,(H,26,28);1H/t14-,16-,20-;/m1./s1. The number of nitrogens with zero attached hydrogens (tertiary/aromatic N) is 2. The number of aromatic nitrogens is 1. The Morgan fingerprint density at radius 3 is 2.60 bits per heavy atom. The van der Waals surface area contributed by atoms with Crippen LogP contribution in [0.2, 0.25) is 5.02 Å². The van der Waals surface area contributed by atoms with Gasteiger partial charge in [0.1, 0.15) is 6.04 Å². The van der Waals surface area contributed by atoms with E-state index < -0.39 is 6.04 Å². The summed E-state index contributed by atoms with van der Waals surface area (Å²) in [5.74, 6) is -0.0185. The number of nitrogens with one attached hydrogen (secondary N) is 1. The molecule has 2 amide bonds. The molecule has 6 nitrogen and oxygen atoms in total. The number of hydrogen-bond donors (Lipinski definition) is 2. The quantitative estimate of drug-likeness (QED) is 0.746. The Hall–Kier alpha value is -2.15. The lowest BCUT2D eigenvalue weighted by atomic mass is 9.85. The Labute approximate surface area is 187 Å². The van der Waals surface area contributed by atoms with Crippen molar-refractivity contribution in [3.8, 4) is 0 Å². The molecular formula is C22H26Cl2N4O2. The van der Waals surface area contributed by atoms with Crippen molar-refractivity contribution < 1.29 is 9.59 Å². The fourth-order valence-electron chi connectivity index (χ4n) is 4.24. The fourth-order valence-corrected chi connectivity index (χ4v) is 4.41. The van der Waals surface area contributed by atoms with Gasteiger partial charge in [0, 0.05) is 35.9 Å². The highest BCUT2D eigenvalue weighted by molar-refractivity contribution is 6.31. The van der Waals surface area contributed by atoms with E-state index >= 15 is 0 Å². The minimum Gasteiger partial charge on any atom is -0.328 e. The van der Waals surface area contributed by atoms with Crippen LogP contribution in [0.15, 0.2) is 42.6 Å².